The molecule has 7 heteroatoms. The van der Waals surface area contributed by atoms with E-state index in [2.05, 4.69) is 17.2 Å². The van der Waals surface area contributed by atoms with Gasteiger partial charge >= 0.3 is 0 Å². The second-order valence-corrected chi connectivity index (χ2v) is 7.73. The van der Waals surface area contributed by atoms with Gasteiger partial charge in [-0.1, -0.05) is 30.7 Å². The second kappa shape index (κ2) is 8.20. The molecular formula is C21H20ClN3O2S. The molecule has 1 aliphatic rings. The van der Waals surface area contributed by atoms with Crippen LogP contribution in [0.2, 0.25) is 5.02 Å². The molecule has 1 aliphatic heterocycles. The smallest absolute Gasteiger partial charge is 0.257 e. The van der Waals surface area contributed by atoms with Gasteiger partial charge in [0.05, 0.1) is 22.5 Å². The monoisotopic (exact) mass is 413 g/mol. The molecule has 144 valence electrons. The highest BCUT2D eigenvalue weighted by atomic mass is 35.5. The summed E-state index contributed by atoms with van der Waals surface area (Å²) in [6.45, 7) is 3.18. The average Bonchev–Trinajstić information content (AvgIpc) is 3.22. The van der Waals surface area contributed by atoms with Crippen molar-refractivity contribution in [1.29, 1.82) is 0 Å². The Hall–Kier alpha value is -2.57. The molecule has 0 spiro atoms. The van der Waals surface area contributed by atoms with Crippen molar-refractivity contribution in [2.45, 2.75) is 26.1 Å². The lowest BCUT2D eigenvalue weighted by Gasteiger charge is -2.38. The SMILES string of the molecule is CCCN1C(=O)c2ccc(Cl)cc2N[C@H]1c1ccc(OCc2cscn2)cc1. The highest BCUT2D eigenvalue weighted by Gasteiger charge is 2.32. The molecule has 3 aromatic rings. The predicted octanol–water partition coefficient (Wildman–Crippen LogP) is 5.35. The topological polar surface area (TPSA) is 54.5 Å². The maximum atomic E-state index is 13.0. The van der Waals surface area contributed by atoms with Crippen molar-refractivity contribution in [1.82, 2.24) is 9.88 Å². The lowest BCUT2D eigenvalue weighted by molar-refractivity contribution is 0.0683. The van der Waals surface area contributed by atoms with Crippen LogP contribution in [-0.2, 0) is 6.61 Å². The van der Waals surface area contributed by atoms with E-state index in [1.807, 2.05) is 34.5 Å². The van der Waals surface area contributed by atoms with Gasteiger partial charge in [0.15, 0.2) is 0 Å². The van der Waals surface area contributed by atoms with Gasteiger partial charge in [-0.2, -0.15) is 0 Å². The summed E-state index contributed by atoms with van der Waals surface area (Å²) < 4.78 is 5.79. The summed E-state index contributed by atoms with van der Waals surface area (Å²) in [5.41, 5.74) is 5.11. The first-order chi connectivity index (χ1) is 13.7. The molecule has 0 saturated carbocycles. The van der Waals surface area contributed by atoms with Crippen LogP contribution in [0.15, 0.2) is 53.4 Å². The maximum Gasteiger partial charge on any atom is 0.257 e. The third kappa shape index (κ3) is 3.84. The van der Waals surface area contributed by atoms with Gasteiger partial charge in [0.1, 0.15) is 18.5 Å². The third-order valence-corrected chi connectivity index (χ3v) is 5.48. The zero-order valence-electron chi connectivity index (χ0n) is 15.4. The number of ether oxygens (including phenoxy) is 1. The van der Waals surface area contributed by atoms with Crippen LogP contribution in [0, 0.1) is 0 Å². The molecule has 1 aromatic heterocycles. The van der Waals surface area contributed by atoms with Gasteiger partial charge in [0.25, 0.3) is 5.91 Å². The molecule has 0 bridgehead atoms. The number of thiazole rings is 1. The molecule has 0 radical (unpaired) electrons. The number of hydrogen-bond acceptors (Lipinski definition) is 5. The minimum absolute atomic E-state index is 0.0149. The molecule has 28 heavy (non-hydrogen) atoms. The number of halogens is 1. The van der Waals surface area contributed by atoms with Crippen LogP contribution in [0.3, 0.4) is 0 Å². The van der Waals surface area contributed by atoms with E-state index in [1.54, 1.807) is 35.0 Å². The van der Waals surface area contributed by atoms with Crippen molar-refractivity contribution in [3.63, 3.8) is 0 Å². The molecule has 2 heterocycles. The number of rotatable bonds is 6. The van der Waals surface area contributed by atoms with E-state index in [4.69, 9.17) is 16.3 Å². The van der Waals surface area contributed by atoms with Crippen molar-refractivity contribution < 1.29 is 9.53 Å². The fourth-order valence-electron chi connectivity index (χ4n) is 3.27. The van der Waals surface area contributed by atoms with E-state index in [-0.39, 0.29) is 12.1 Å². The summed E-state index contributed by atoms with van der Waals surface area (Å²) in [5.74, 6) is 0.783. The number of fused-ring (bicyclic) bond motifs is 1. The van der Waals surface area contributed by atoms with Crippen LogP contribution in [0.4, 0.5) is 5.69 Å². The van der Waals surface area contributed by atoms with Gasteiger partial charge in [-0.05, 0) is 42.3 Å². The first-order valence-electron chi connectivity index (χ1n) is 9.12. The lowest BCUT2D eigenvalue weighted by atomic mass is 10.0. The Kier molecular flexibility index (Phi) is 5.50. The van der Waals surface area contributed by atoms with Gasteiger partial charge < -0.3 is 15.0 Å². The standard InChI is InChI=1S/C21H20ClN3O2S/c1-2-9-25-20(24-19-10-15(22)5-8-18(19)21(25)26)14-3-6-17(7-4-14)27-11-16-12-28-13-23-16/h3-8,10,12-13,20,24H,2,9,11H2,1H3/t20-/m1/s1. The minimum atomic E-state index is -0.244. The van der Waals surface area contributed by atoms with Gasteiger partial charge in [-0.25, -0.2) is 4.98 Å². The largest absolute Gasteiger partial charge is 0.487 e. The van der Waals surface area contributed by atoms with Crippen LogP contribution in [0.5, 0.6) is 5.75 Å². The molecule has 1 atom stereocenters. The van der Waals surface area contributed by atoms with E-state index in [9.17, 15) is 4.79 Å². The molecule has 0 fully saturated rings. The summed E-state index contributed by atoms with van der Waals surface area (Å²) in [7, 11) is 0. The number of nitrogens with one attached hydrogen (secondary N) is 1. The van der Waals surface area contributed by atoms with Crippen LogP contribution in [0.25, 0.3) is 0 Å². The number of amides is 1. The van der Waals surface area contributed by atoms with Crippen molar-refractivity contribution in [2.75, 3.05) is 11.9 Å². The van der Waals surface area contributed by atoms with Crippen molar-refractivity contribution in [3.8, 4) is 5.75 Å². The van der Waals surface area contributed by atoms with Gasteiger partial charge in [-0.3, -0.25) is 4.79 Å². The van der Waals surface area contributed by atoms with Crippen LogP contribution in [-0.4, -0.2) is 22.3 Å². The number of hydrogen-bond donors (Lipinski definition) is 1. The predicted molar refractivity (Wildman–Crippen MR) is 112 cm³/mol. The fourth-order valence-corrected chi connectivity index (χ4v) is 3.98. The molecule has 1 N–H and O–H groups in total. The van der Waals surface area contributed by atoms with Crippen molar-refractivity contribution in [3.05, 3.63) is 75.2 Å². The Morgan fingerprint density at radius 1 is 1.25 bits per heavy atom. The van der Waals surface area contributed by atoms with E-state index >= 15 is 0 Å². The van der Waals surface area contributed by atoms with E-state index in [0.29, 0.717) is 23.7 Å². The van der Waals surface area contributed by atoms with Gasteiger partial charge in [0, 0.05) is 16.9 Å². The zero-order valence-corrected chi connectivity index (χ0v) is 17.0. The highest BCUT2D eigenvalue weighted by molar-refractivity contribution is 7.07. The van der Waals surface area contributed by atoms with Gasteiger partial charge in [-0.15, -0.1) is 11.3 Å². The summed E-state index contributed by atoms with van der Waals surface area (Å²) in [6.07, 6.45) is 0.632. The Morgan fingerprint density at radius 3 is 2.79 bits per heavy atom. The molecule has 0 saturated heterocycles. The van der Waals surface area contributed by atoms with E-state index < -0.39 is 0 Å². The Labute approximate surface area is 172 Å². The molecule has 5 nitrogen and oxygen atoms in total. The van der Waals surface area contributed by atoms with Crippen LogP contribution in [0.1, 0.15) is 41.1 Å². The summed E-state index contributed by atoms with van der Waals surface area (Å²) in [5, 5.41) is 6.04. The van der Waals surface area contributed by atoms with E-state index in [0.717, 1.165) is 29.1 Å². The Morgan fingerprint density at radius 2 is 2.07 bits per heavy atom. The molecule has 1 amide bonds. The number of benzene rings is 2. The molecule has 4 rings (SSSR count). The number of nitrogens with zero attached hydrogens (tertiary/aromatic N) is 2. The second-order valence-electron chi connectivity index (χ2n) is 6.57. The average molecular weight is 414 g/mol. The first kappa shape index (κ1) is 18.8. The molecule has 0 unspecified atom stereocenters. The number of carbonyl (C=O) groups is 1. The third-order valence-electron chi connectivity index (χ3n) is 4.61. The molecule has 0 aliphatic carbocycles. The van der Waals surface area contributed by atoms with E-state index in [1.165, 1.54) is 0 Å². The summed E-state index contributed by atoms with van der Waals surface area (Å²) in [4.78, 5) is 19.1. The number of anilines is 1. The molecule has 2 aromatic carbocycles. The quantitative estimate of drug-likeness (QED) is 0.591. The summed E-state index contributed by atoms with van der Waals surface area (Å²) in [6, 6.07) is 13.1. The fraction of sp³-hybridized carbons (Fsp3) is 0.238. The lowest BCUT2D eigenvalue weighted by Crippen LogP contribution is -2.43. The number of carbonyl (C=O) groups excluding carboxylic acids is 1. The van der Waals surface area contributed by atoms with Crippen molar-refractivity contribution >= 4 is 34.5 Å². The minimum Gasteiger partial charge on any atom is -0.487 e. The molecular weight excluding hydrogens is 394 g/mol. The van der Waals surface area contributed by atoms with Crippen LogP contribution < -0.4 is 10.1 Å². The highest BCUT2D eigenvalue weighted by Crippen LogP contribution is 2.35. The first-order valence-corrected chi connectivity index (χ1v) is 10.4. The van der Waals surface area contributed by atoms with Crippen molar-refractivity contribution in [2.24, 2.45) is 0 Å². The Balaban J connectivity index is 1.56. The Bertz CT molecular complexity index is 960. The zero-order chi connectivity index (χ0) is 19.5. The van der Waals surface area contributed by atoms with Crippen LogP contribution >= 0.6 is 22.9 Å². The maximum absolute atomic E-state index is 13.0. The summed E-state index contributed by atoms with van der Waals surface area (Å²) >= 11 is 7.68. The van der Waals surface area contributed by atoms with Gasteiger partial charge in [0.2, 0.25) is 0 Å². The normalized spacial score (nSPS) is 15.9. The number of aromatic nitrogens is 1.